The lowest BCUT2D eigenvalue weighted by atomic mass is 10.1. The van der Waals surface area contributed by atoms with Crippen molar-refractivity contribution in [2.45, 2.75) is 20.0 Å². The van der Waals surface area contributed by atoms with Gasteiger partial charge < -0.3 is 10.1 Å². The van der Waals surface area contributed by atoms with Crippen molar-refractivity contribution in [3.63, 3.8) is 0 Å². The molecule has 6 heteroatoms. The molecule has 0 aromatic heterocycles. The highest BCUT2D eigenvalue weighted by Crippen LogP contribution is 2.25. The summed E-state index contributed by atoms with van der Waals surface area (Å²) in [4.78, 5) is 23.5. The Morgan fingerprint density at radius 2 is 1.87 bits per heavy atom. The normalized spacial score (nSPS) is 11.7. The van der Waals surface area contributed by atoms with E-state index >= 15 is 0 Å². The van der Waals surface area contributed by atoms with Gasteiger partial charge in [0.05, 0.1) is 10.7 Å². The summed E-state index contributed by atoms with van der Waals surface area (Å²) >= 11 is 11.8. The number of ketones is 1. The van der Waals surface area contributed by atoms with Gasteiger partial charge in [0, 0.05) is 10.6 Å². The second-order valence-corrected chi connectivity index (χ2v) is 5.80. The van der Waals surface area contributed by atoms with Crippen molar-refractivity contribution >= 4 is 40.6 Å². The Morgan fingerprint density at radius 3 is 2.52 bits per heavy atom. The van der Waals surface area contributed by atoms with Crippen LogP contribution in [0.1, 0.15) is 24.2 Å². The number of amides is 1. The number of nitrogens with one attached hydrogen (secondary N) is 1. The predicted octanol–water partition coefficient (Wildman–Crippen LogP) is 4.60. The fourth-order valence-corrected chi connectivity index (χ4v) is 2.33. The summed E-state index contributed by atoms with van der Waals surface area (Å²) in [5, 5.41) is 3.50. The second-order valence-electron chi connectivity index (χ2n) is 4.96. The van der Waals surface area contributed by atoms with Crippen LogP contribution in [0.2, 0.25) is 10.0 Å². The van der Waals surface area contributed by atoms with E-state index in [1.807, 2.05) is 0 Å². The van der Waals surface area contributed by atoms with Gasteiger partial charge in [-0.05, 0) is 44.2 Å². The number of carbonyl (C=O) groups excluding carboxylic acids is 2. The smallest absolute Gasteiger partial charge is 0.265 e. The maximum absolute atomic E-state index is 12.2. The SMILES string of the molecule is CC(=O)c1cccc(OC(C)C(=O)Nc2ccc(Cl)cc2Cl)c1. The maximum Gasteiger partial charge on any atom is 0.265 e. The third-order valence-electron chi connectivity index (χ3n) is 3.11. The van der Waals surface area contributed by atoms with Crippen LogP contribution in [0, 0.1) is 0 Å². The van der Waals surface area contributed by atoms with Gasteiger partial charge in [0.15, 0.2) is 11.9 Å². The third kappa shape index (κ3) is 4.71. The minimum absolute atomic E-state index is 0.0690. The third-order valence-corrected chi connectivity index (χ3v) is 3.66. The van der Waals surface area contributed by atoms with Gasteiger partial charge in [0.2, 0.25) is 0 Å². The van der Waals surface area contributed by atoms with Crippen LogP contribution in [0.25, 0.3) is 0 Å². The van der Waals surface area contributed by atoms with Crippen molar-refractivity contribution in [1.29, 1.82) is 0 Å². The predicted molar refractivity (Wildman–Crippen MR) is 91.6 cm³/mol. The van der Waals surface area contributed by atoms with E-state index in [2.05, 4.69) is 5.32 Å². The molecule has 0 aliphatic heterocycles. The highest BCUT2D eigenvalue weighted by molar-refractivity contribution is 6.36. The van der Waals surface area contributed by atoms with Crippen molar-refractivity contribution < 1.29 is 14.3 Å². The molecule has 120 valence electrons. The zero-order valence-electron chi connectivity index (χ0n) is 12.6. The molecule has 0 heterocycles. The Hall–Kier alpha value is -2.04. The average Bonchev–Trinajstić information content (AvgIpc) is 2.50. The molecule has 0 saturated heterocycles. The van der Waals surface area contributed by atoms with E-state index < -0.39 is 6.10 Å². The van der Waals surface area contributed by atoms with E-state index in [1.165, 1.54) is 6.92 Å². The monoisotopic (exact) mass is 351 g/mol. The molecule has 0 fully saturated rings. The van der Waals surface area contributed by atoms with Crippen molar-refractivity contribution in [2.75, 3.05) is 5.32 Å². The van der Waals surface area contributed by atoms with Crippen LogP contribution in [0.4, 0.5) is 5.69 Å². The zero-order valence-corrected chi connectivity index (χ0v) is 14.1. The van der Waals surface area contributed by atoms with Crippen molar-refractivity contribution in [1.82, 2.24) is 0 Å². The summed E-state index contributed by atoms with van der Waals surface area (Å²) in [6.45, 7) is 3.08. The second kappa shape index (κ2) is 7.49. The van der Waals surface area contributed by atoms with Crippen molar-refractivity contribution in [2.24, 2.45) is 0 Å². The fraction of sp³-hybridized carbons (Fsp3) is 0.176. The molecule has 2 aromatic rings. The van der Waals surface area contributed by atoms with Gasteiger partial charge in [-0.2, -0.15) is 0 Å². The molecular formula is C17H15Cl2NO3. The topological polar surface area (TPSA) is 55.4 Å². The van der Waals surface area contributed by atoms with Crippen molar-refractivity contribution in [3.05, 3.63) is 58.1 Å². The van der Waals surface area contributed by atoms with Crippen LogP contribution in [-0.2, 0) is 4.79 Å². The number of rotatable bonds is 5. The summed E-state index contributed by atoms with van der Waals surface area (Å²) < 4.78 is 5.57. The molecule has 23 heavy (non-hydrogen) atoms. The molecule has 2 rings (SSSR count). The minimum Gasteiger partial charge on any atom is -0.481 e. The van der Waals surface area contributed by atoms with Crippen LogP contribution < -0.4 is 10.1 Å². The van der Waals surface area contributed by atoms with Gasteiger partial charge in [-0.1, -0.05) is 35.3 Å². The molecule has 1 atom stereocenters. The Kier molecular flexibility index (Phi) is 5.64. The van der Waals surface area contributed by atoms with E-state index in [0.29, 0.717) is 27.0 Å². The Labute approximate surface area is 144 Å². The largest absolute Gasteiger partial charge is 0.481 e. The highest BCUT2D eigenvalue weighted by atomic mass is 35.5. The van der Waals surface area contributed by atoms with Gasteiger partial charge in [-0.15, -0.1) is 0 Å². The summed E-state index contributed by atoms with van der Waals surface area (Å²) in [7, 11) is 0. The molecule has 4 nitrogen and oxygen atoms in total. The quantitative estimate of drug-likeness (QED) is 0.800. The molecular weight excluding hydrogens is 337 g/mol. The molecule has 0 saturated carbocycles. The number of hydrogen-bond acceptors (Lipinski definition) is 3. The average molecular weight is 352 g/mol. The molecule has 0 aliphatic rings. The molecule has 0 spiro atoms. The molecule has 0 aliphatic carbocycles. The van der Waals surface area contributed by atoms with Crippen LogP contribution in [0.3, 0.4) is 0 Å². The molecule has 0 radical (unpaired) electrons. The number of halogens is 2. The van der Waals surface area contributed by atoms with Crippen LogP contribution in [0.15, 0.2) is 42.5 Å². The number of benzene rings is 2. The minimum atomic E-state index is -0.760. The first kappa shape index (κ1) is 17.3. The summed E-state index contributed by atoms with van der Waals surface area (Å²) in [6.07, 6.45) is -0.760. The zero-order chi connectivity index (χ0) is 17.0. The van der Waals surface area contributed by atoms with Crippen LogP contribution >= 0.6 is 23.2 Å². The van der Waals surface area contributed by atoms with E-state index in [0.717, 1.165) is 0 Å². The van der Waals surface area contributed by atoms with E-state index in [-0.39, 0.29) is 11.7 Å². The summed E-state index contributed by atoms with van der Waals surface area (Å²) in [5.74, 6) is 0.0190. The standard InChI is InChI=1S/C17H15Cl2NO3/c1-10(21)12-4-3-5-14(8-12)23-11(2)17(22)20-16-7-6-13(18)9-15(16)19/h3-9,11H,1-2H3,(H,20,22). The summed E-state index contributed by atoms with van der Waals surface area (Å²) in [5.41, 5.74) is 0.977. The Balaban J connectivity index is 2.05. The van der Waals surface area contributed by atoms with Gasteiger partial charge in [-0.25, -0.2) is 0 Å². The number of carbonyl (C=O) groups is 2. The fourth-order valence-electron chi connectivity index (χ4n) is 1.87. The van der Waals surface area contributed by atoms with Gasteiger partial charge >= 0.3 is 0 Å². The summed E-state index contributed by atoms with van der Waals surface area (Å²) in [6, 6.07) is 11.5. The van der Waals surface area contributed by atoms with Crippen LogP contribution in [0.5, 0.6) is 5.75 Å². The lowest BCUT2D eigenvalue weighted by Crippen LogP contribution is -2.30. The Bertz CT molecular complexity index is 746. The number of Topliss-reactive ketones (excluding diaryl/α,β-unsaturated/α-hetero) is 1. The van der Waals surface area contributed by atoms with Crippen LogP contribution in [-0.4, -0.2) is 17.8 Å². The first-order valence-electron chi connectivity index (χ1n) is 6.90. The van der Waals surface area contributed by atoms with Gasteiger partial charge in [-0.3, -0.25) is 9.59 Å². The first-order chi connectivity index (χ1) is 10.9. The maximum atomic E-state index is 12.2. The van der Waals surface area contributed by atoms with Gasteiger partial charge in [0.25, 0.3) is 5.91 Å². The molecule has 1 amide bonds. The van der Waals surface area contributed by atoms with E-state index in [4.69, 9.17) is 27.9 Å². The Morgan fingerprint density at radius 1 is 1.13 bits per heavy atom. The number of hydrogen-bond donors (Lipinski definition) is 1. The molecule has 2 aromatic carbocycles. The lowest BCUT2D eigenvalue weighted by Gasteiger charge is -2.15. The molecule has 0 bridgehead atoms. The number of ether oxygens (including phenoxy) is 1. The highest BCUT2D eigenvalue weighted by Gasteiger charge is 2.16. The molecule has 1 N–H and O–H groups in total. The lowest BCUT2D eigenvalue weighted by molar-refractivity contribution is -0.122. The van der Waals surface area contributed by atoms with E-state index in [1.54, 1.807) is 49.4 Å². The molecule has 1 unspecified atom stereocenters. The van der Waals surface area contributed by atoms with Crippen molar-refractivity contribution in [3.8, 4) is 5.75 Å². The first-order valence-corrected chi connectivity index (χ1v) is 7.66. The number of anilines is 1. The van der Waals surface area contributed by atoms with E-state index in [9.17, 15) is 9.59 Å². The van der Waals surface area contributed by atoms with Gasteiger partial charge in [0.1, 0.15) is 5.75 Å².